The first kappa shape index (κ1) is 21.7. The standard InChI is InChI=1S/C28H32N4/c1-21(2)18-30-26-24-16-10-11-17-25(24)31-28(27(26)29-3)32(19-22-12-6-4-7-13-22)20-23-14-8-5-9-15-23/h4-17,21,29H,18-20H2,1-3H3,(H,30,31). The van der Waals surface area contributed by atoms with Gasteiger partial charge in [0.1, 0.15) is 5.69 Å². The lowest BCUT2D eigenvalue weighted by Gasteiger charge is -2.28. The van der Waals surface area contributed by atoms with E-state index >= 15 is 0 Å². The van der Waals surface area contributed by atoms with Crippen LogP contribution in [-0.2, 0) is 13.1 Å². The van der Waals surface area contributed by atoms with E-state index in [-0.39, 0.29) is 0 Å². The molecule has 0 aliphatic heterocycles. The smallest absolute Gasteiger partial charge is 0.155 e. The fourth-order valence-electron chi connectivity index (χ4n) is 3.97. The summed E-state index contributed by atoms with van der Waals surface area (Å²) >= 11 is 0. The summed E-state index contributed by atoms with van der Waals surface area (Å²) in [6.45, 7) is 6.92. The molecule has 0 radical (unpaired) electrons. The fraction of sp³-hybridized carbons (Fsp3) is 0.250. The van der Waals surface area contributed by atoms with Crippen LogP contribution in [0.2, 0.25) is 0 Å². The first-order chi connectivity index (χ1) is 15.7. The van der Waals surface area contributed by atoms with Crippen LogP contribution in [0.1, 0.15) is 25.0 Å². The number of nitrogens with zero attached hydrogens (tertiary/aromatic N) is 2. The summed E-state index contributed by atoms with van der Waals surface area (Å²) in [6, 6.07) is 29.6. The topological polar surface area (TPSA) is 40.2 Å². The van der Waals surface area contributed by atoms with E-state index in [9.17, 15) is 0 Å². The highest BCUT2D eigenvalue weighted by atomic mass is 15.2. The number of pyridine rings is 1. The Hall–Kier alpha value is -3.53. The molecule has 0 aliphatic carbocycles. The van der Waals surface area contributed by atoms with E-state index in [1.54, 1.807) is 0 Å². The number of anilines is 3. The van der Waals surface area contributed by atoms with Gasteiger partial charge in [0, 0.05) is 32.1 Å². The SMILES string of the molecule is CNc1c(N(Cc2ccccc2)Cc2ccccc2)nc2ccccc2c1NCC(C)C. The number of fused-ring (bicyclic) bond motifs is 1. The molecule has 164 valence electrons. The lowest BCUT2D eigenvalue weighted by atomic mass is 10.1. The minimum Gasteiger partial charge on any atom is -0.383 e. The minimum atomic E-state index is 0.542. The number of hydrogen-bond donors (Lipinski definition) is 2. The van der Waals surface area contributed by atoms with Crippen molar-refractivity contribution < 1.29 is 0 Å². The number of para-hydroxylation sites is 1. The van der Waals surface area contributed by atoms with Crippen LogP contribution in [0.5, 0.6) is 0 Å². The molecule has 1 heterocycles. The predicted octanol–water partition coefficient (Wildman–Crippen LogP) is 6.55. The summed E-state index contributed by atoms with van der Waals surface area (Å²) in [6.07, 6.45) is 0. The van der Waals surface area contributed by atoms with Crippen molar-refractivity contribution in [1.29, 1.82) is 0 Å². The Bertz CT molecular complexity index is 1100. The number of nitrogens with one attached hydrogen (secondary N) is 2. The Morgan fingerprint density at radius 1 is 0.750 bits per heavy atom. The molecular weight excluding hydrogens is 392 g/mol. The van der Waals surface area contributed by atoms with Gasteiger partial charge in [0.05, 0.1) is 11.2 Å². The van der Waals surface area contributed by atoms with Crippen molar-refractivity contribution in [2.75, 3.05) is 29.1 Å². The van der Waals surface area contributed by atoms with E-state index in [2.05, 4.69) is 114 Å². The lowest BCUT2D eigenvalue weighted by Crippen LogP contribution is -2.25. The van der Waals surface area contributed by atoms with E-state index in [0.29, 0.717) is 5.92 Å². The Morgan fingerprint density at radius 3 is 1.88 bits per heavy atom. The molecule has 0 amide bonds. The van der Waals surface area contributed by atoms with Gasteiger partial charge in [-0.05, 0) is 23.1 Å². The van der Waals surface area contributed by atoms with E-state index in [0.717, 1.165) is 47.7 Å². The first-order valence-corrected chi connectivity index (χ1v) is 11.3. The van der Waals surface area contributed by atoms with Gasteiger partial charge in [-0.3, -0.25) is 0 Å². The third kappa shape index (κ3) is 5.02. The van der Waals surface area contributed by atoms with Gasteiger partial charge in [0.15, 0.2) is 5.82 Å². The average Bonchev–Trinajstić information content (AvgIpc) is 2.82. The van der Waals surface area contributed by atoms with Gasteiger partial charge in [-0.25, -0.2) is 4.98 Å². The van der Waals surface area contributed by atoms with Crippen LogP contribution in [0.25, 0.3) is 10.9 Å². The molecule has 32 heavy (non-hydrogen) atoms. The summed E-state index contributed by atoms with van der Waals surface area (Å²) < 4.78 is 0. The molecule has 0 unspecified atom stereocenters. The highest BCUT2D eigenvalue weighted by Gasteiger charge is 2.20. The quantitative estimate of drug-likeness (QED) is 0.320. The van der Waals surface area contributed by atoms with E-state index < -0.39 is 0 Å². The van der Waals surface area contributed by atoms with Crippen LogP contribution < -0.4 is 15.5 Å². The number of rotatable bonds is 9. The van der Waals surface area contributed by atoms with E-state index in [1.807, 2.05) is 7.05 Å². The predicted molar refractivity (Wildman–Crippen MR) is 137 cm³/mol. The molecule has 4 nitrogen and oxygen atoms in total. The molecule has 0 aliphatic rings. The number of benzene rings is 3. The molecule has 0 bridgehead atoms. The molecule has 1 aromatic heterocycles. The van der Waals surface area contributed by atoms with Crippen LogP contribution in [0.15, 0.2) is 84.9 Å². The Labute approximate surface area is 191 Å². The second-order valence-corrected chi connectivity index (χ2v) is 8.55. The number of hydrogen-bond acceptors (Lipinski definition) is 4. The van der Waals surface area contributed by atoms with Gasteiger partial charge in [-0.1, -0.05) is 92.7 Å². The molecule has 0 saturated carbocycles. The zero-order valence-electron chi connectivity index (χ0n) is 19.2. The summed E-state index contributed by atoms with van der Waals surface area (Å²) in [5, 5.41) is 8.31. The minimum absolute atomic E-state index is 0.542. The average molecular weight is 425 g/mol. The van der Waals surface area contributed by atoms with Crippen LogP contribution in [0, 0.1) is 5.92 Å². The van der Waals surface area contributed by atoms with Crippen LogP contribution in [-0.4, -0.2) is 18.6 Å². The molecule has 4 rings (SSSR count). The molecule has 4 heteroatoms. The molecule has 0 fully saturated rings. The van der Waals surface area contributed by atoms with Crippen molar-refractivity contribution in [3.05, 3.63) is 96.1 Å². The Balaban J connectivity index is 1.84. The van der Waals surface area contributed by atoms with Crippen LogP contribution >= 0.6 is 0 Å². The highest BCUT2D eigenvalue weighted by molar-refractivity contribution is 6.02. The molecule has 2 N–H and O–H groups in total. The van der Waals surface area contributed by atoms with Crippen molar-refractivity contribution in [3.8, 4) is 0 Å². The maximum Gasteiger partial charge on any atom is 0.155 e. The molecule has 3 aromatic carbocycles. The molecule has 0 saturated heterocycles. The van der Waals surface area contributed by atoms with Crippen molar-refractivity contribution in [1.82, 2.24) is 4.98 Å². The third-order valence-electron chi connectivity index (χ3n) is 5.54. The highest BCUT2D eigenvalue weighted by Crippen LogP contribution is 2.39. The molecule has 0 spiro atoms. The van der Waals surface area contributed by atoms with E-state index in [4.69, 9.17) is 4.98 Å². The summed E-state index contributed by atoms with van der Waals surface area (Å²) in [5.41, 5.74) is 5.68. The van der Waals surface area contributed by atoms with Gasteiger partial charge < -0.3 is 15.5 Å². The first-order valence-electron chi connectivity index (χ1n) is 11.3. The normalized spacial score (nSPS) is 11.0. The second kappa shape index (κ2) is 10.2. The third-order valence-corrected chi connectivity index (χ3v) is 5.54. The summed E-state index contributed by atoms with van der Waals surface area (Å²) in [4.78, 5) is 7.51. The monoisotopic (exact) mass is 424 g/mol. The van der Waals surface area contributed by atoms with Gasteiger partial charge in [-0.15, -0.1) is 0 Å². The van der Waals surface area contributed by atoms with Crippen molar-refractivity contribution in [2.45, 2.75) is 26.9 Å². The maximum absolute atomic E-state index is 5.15. The van der Waals surface area contributed by atoms with Gasteiger partial charge in [0.25, 0.3) is 0 Å². The maximum atomic E-state index is 5.15. The molecular formula is C28H32N4. The zero-order chi connectivity index (χ0) is 22.3. The summed E-state index contributed by atoms with van der Waals surface area (Å²) in [5.74, 6) is 1.50. The molecule has 0 atom stereocenters. The summed E-state index contributed by atoms with van der Waals surface area (Å²) in [7, 11) is 1.99. The zero-order valence-corrected chi connectivity index (χ0v) is 19.2. The largest absolute Gasteiger partial charge is 0.383 e. The van der Waals surface area contributed by atoms with E-state index in [1.165, 1.54) is 11.1 Å². The number of aromatic nitrogens is 1. The fourth-order valence-corrected chi connectivity index (χ4v) is 3.97. The van der Waals surface area contributed by atoms with Gasteiger partial charge in [0.2, 0.25) is 0 Å². The van der Waals surface area contributed by atoms with Crippen LogP contribution in [0.3, 0.4) is 0 Å². The van der Waals surface area contributed by atoms with Crippen molar-refractivity contribution in [2.24, 2.45) is 5.92 Å². The van der Waals surface area contributed by atoms with Gasteiger partial charge >= 0.3 is 0 Å². The van der Waals surface area contributed by atoms with Crippen molar-refractivity contribution in [3.63, 3.8) is 0 Å². The Morgan fingerprint density at radius 2 is 1.31 bits per heavy atom. The van der Waals surface area contributed by atoms with Crippen LogP contribution in [0.4, 0.5) is 17.2 Å². The second-order valence-electron chi connectivity index (χ2n) is 8.55. The van der Waals surface area contributed by atoms with Gasteiger partial charge in [-0.2, -0.15) is 0 Å². The lowest BCUT2D eigenvalue weighted by molar-refractivity contribution is 0.689. The van der Waals surface area contributed by atoms with Crippen molar-refractivity contribution >= 4 is 28.1 Å². The molecule has 4 aromatic rings. The Kier molecular flexibility index (Phi) is 6.90.